The van der Waals surface area contributed by atoms with Gasteiger partial charge in [-0.3, -0.25) is 19.3 Å². The van der Waals surface area contributed by atoms with Gasteiger partial charge >= 0.3 is 0 Å². The van der Waals surface area contributed by atoms with Crippen LogP contribution >= 0.6 is 0 Å². The quantitative estimate of drug-likeness (QED) is 0.690. The minimum atomic E-state index is -0.361. The fourth-order valence-corrected chi connectivity index (χ4v) is 3.17. The Bertz CT molecular complexity index is 1070. The summed E-state index contributed by atoms with van der Waals surface area (Å²) in [5, 5.41) is 2.77. The largest absolute Gasteiger partial charge is 0.461 e. The molecule has 140 valence electrons. The van der Waals surface area contributed by atoms with Crippen molar-refractivity contribution in [1.29, 1.82) is 0 Å². The molecule has 0 fully saturated rings. The SMILES string of the molecule is CN1C(=O)c2ccc(NC(=O)CCc3ccc(-c4ccccc4)o3)cc2C1=O. The number of aryl methyl sites for hydroxylation is 1. The summed E-state index contributed by atoms with van der Waals surface area (Å²) in [5.74, 6) is 0.611. The molecule has 0 saturated heterocycles. The monoisotopic (exact) mass is 374 g/mol. The third kappa shape index (κ3) is 3.32. The van der Waals surface area contributed by atoms with Crippen molar-refractivity contribution >= 4 is 23.4 Å². The Morgan fingerprint density at radius 1 is 0.964 bits per heavy atom. The molecule has 0 aliphatic carbocycles. The molecular weight excluding hydrogens is 356 g/mol. The van der Waals surface area contributed by atoms with Crippen molar-refractivity contribution in [2.45, 2.75) is 12.8 Å². The van der Waals surface area contributed by atoms with Crippen LogP contribution in [-0.4, -0.2) is 29.7 Å². The molecule has 1 aromatic heterocycles. The van der Waals surface area contributed by atoms with Gasteiger partial charge in [0.25, 0.3) is 11.8 Å². The number of nitrogens with one attached hydrogen (secondary N) is 1. The molecule has 6 nitrogen and oxygen atoms in total. The van der Waals surface area contributed by atoms with E-state index in [9.17, 15) is 14.4 Å². The van der Waals surface area contributed by atoms with Crippen molar-refractivity contribution in [3.63, 3.8) is 0 Å². The molecule has 0 atom stereocenters. The van der Waals surface area contributed by atoms with Gasteiger partial charge in [0.2, 0.25) is 5.91 Å². The summed E-state index contributed by atoms with van der Waals surface area (Å²) in [5.41, 5.74) is 2.14. The average Bonchev–Trinajstić information content (AvgIpc) is 3.27. The minimum Gasteiger partial charge on any atom is -0.461 e. The molecule has 0 radical (unpaired) electrons. The fourth-order valence-electron chi connectivity index (χ4n) is 3.17. The lowest BCUT2D eigenvalue weighted by Crippen LogP contribution is -2.24. The molecule has 2 heterocycles. The van der Waals surface area contributed by atoms with E-state index in [1.807, 2.05) is 42.5 Å². The Labute approximate surface area is 161 Å². The highest BCUT2D eigenvalue weighted by Gasteiger charge is 2.32. The lowest BCUT2D eigenvalue weighted by Gasteiger charge is -2.06. The maximum atomic E-state index is 12.3. The lowest BCUT2D eigenvalue weighted by molar-refractivity contribution is -0.116. The molecule has 0 saturated carbocycles. The van der Waals surface area contributed by atoms with Gasteiger partial charge in [-0.1, -0.05) is 30.3 Å². The fraction of sp³-hybridized carbons (Fsp3) is 0.136. The molecule has 0 unspecified atom stereocenters. The smallest absolute Gasteiger partial charge is 0.261 e. The van der Waals surface area contributed by atoms with Crippen molar-refractivity contribution in [3.8, 4) is 11.3 Å². The van der Waals surface area contributed by atoms with Crippen molar-refractivity contribution < 1.29 is 18.8 Å². The normalized spacial score (nSPS) is 13.0. The van der Waals surface area contributed by atoms with Crippen molar-refractivity contribution in [2.24, 2.45) is 0 Å². The van der Waals surface area contributed by atoms with E-state index in [0.717, 1.165) is 22.0 Å². The van der Waals surface area contributed by atoms with E-state index in [0.29, 0.717) is 23.2 Å². The van der Waals surface area contributed by atoms with E-state index in [-0.39, 0.29) is 24.1 Å². The number of imide groups is 1. The summed E-state index contributed by atoms with van der Waals surface area (Å²) < 4.78 is 5.80. The number of carbonyl (C=O) groups excluding carboxylic acids is 3. The van der Waals surface area contributed by atoms with Crippen LogP contribution in [0.5, 0.6) is 0 Å². The average molecular weight is 374 g/mol. The number of rotatable bonds is 5. The zero-order valence-electron chi connectivity index (χ0n) is 15.3. The summed E-state index contributed by atoms with van der Waals surface area (Å²) in [4.78, 5) is 37.3. The molecule has 1 aliphatic heterocycles. The van der Waals surface area contributed by atoms with Gasteiger partial charge in [-0.25, -0.2) is 0 Å². The molecule has 0 spiro atoms. The highest BCUT2D eigenvalue weighted by molar-refractivity contribution is 6.21. The van der Waals surface area contributed by atoms with E-state index in [2.05, 4.69) is 5.32 Å². The van der Waals surface area contributed by atoms with E-state index in [4.69, 9.17) is 4.42 Å². The predicted octanol–water partition coefficient (Wildman–Crippen LogP) is 3.74. The third-order valence-corrected chi connectivity index (χ3v) is 4.69. The molecule has 2 aromatic carbocycles. The standard InChI is InChI=1S/C22H18N2O4/c1-24-21(26)17-10-7-15(13-18(17)22(24)27)23-20(25)12-9-16-8-11-19(28-16)14-5-3-2-4-6-14/h2-8,10-11,13H,9,12H2,1H3,(H,23,25). The van der Waals surface area contributed by atoms with Crippen molar-refractivity contribution in [3.05, 3.63) is 77.6 Å². The van der Waals surface area contributed by atoms with Gasteiger partial charge < -0.3 is 9.73 Å². The number of fused-ring (bicyclic) bond motifs is 1. The minimum absolute atomic E-state index is 0.192. The number of amides is 3. The molecule has 1 N–H and O–H groups in total. The molecule has 3 amide bonds. The number of nitrogens with zero attached hydrogens (tertiary/aromatic N) is 1. The van der Waals surface area contributed by atoms with Gasteiger partial charge in [0, 0.05) is 31.1 Å². The maximum Gasteiger partial charge on any atom is 0.261 e. The molecular formula is C22H18N2O4. The first-order chi connectivity index (χ1) is 13.5. The second kappa shape index (κ2) is 7.15. The van der Waals surface area contributed by atoms with Gasteiger partial charge in [0.1, 0.15) is 11.5 Å². The molecule has 3 aromatic rings. The van der Waals surface area contributed by atoms with Crippen LogP contribution in [-0.2, 0) is 11.2 Å². The van der Waals surface area contributed by atoms with E-state index < -0.39 is 0 Å². The van der Waals surface area contributed by atoms with Crippen LogP contribution in [0.2, 0.25) is 0 Å². The Hall–Kier alpha value is -3.67. The molecule has 0 bridgehead atoms. The second-order valence-corrected chi connectivity index (χ2v) is 6.61. The summed E-state index contributed by atoms with van der Waals surface area (Å²) >= 11 is 0. The first kappa shape index (κ1) is 17.7. The van der Waals surface area contributed by atoms with Crippen molar-refractivity contribution in [2.75, 3.05) is 12.4 Å². The first-order valence-electron chi connectivity index (χ1n) is 8.93. The summed E-state index contributed by atoms with van der Waals surface area (Å²) in [6.45, 7) is 0. The van der Waals surface area contributed by atoms with Crippen LogP contribution in [0.1, 0.15) is 32.9 Å². The molecule has 28 heavy (non-hydrogen) atoms. The van der Waals surface area contributed by atoms with Crippen LogP contribution in [0.25, 0.3) is 11.3 Å². The first-order valence-corrected chi connectivity index (χ1v) is 8.93. The topological polar surface area (TPSA) is 79.6 Å². The van der Waals surface area contributed by atoms with Crippen molar-refractivity contribution in [1.82, 2.24) is 4.90 Å². The van der Waals surface area contributed by atoms with Crippen LogP contribution in [0.4, 0.5) is 5.69 Å². The van der Waals surface area contributed by atoms with Crippen LogP contribution in [0, 0.1) is 0 Å². The van der Waals surface area contributed by atoms with Crippen LogP contribution < -0.4 is 5.32 Å². The Kier molecular flexibility index (Phi) is 4.53. The molecule has 6 heteroatoms. The van der Waals surface area contributed by atoms with E-state index in [1.54, 1.807) is 12.1 Å². The molecule has 4 rings (SSSR count). The maximum absolute atomic E-state index is 12.3. The number of hydrogen-bond acceptors (Lipinski definition) is 4. The lowest BCUT2D eigenvalue weighted by atomic mass is 10.1. The van der Waals surface area contributed by atoms with Gasteiger partial charge in [-0.05, 0) is 30.3 Å². The van der Waals surface area contributed by atoms with Crippen LogP contribution in [0.15, 0.2) is 65.1 Å². The highest BCUT2D eigenvalue weighted by atomic mass is 16.3. The zero-order chi connectivity index (χ0) is 19.7. The number of hydrogen-bond donors (Lipinski definition) is 1. The van der Waals surface area contributed by atoms with E-state index in [1.165, 1.54) is 13.1 Å². The predicted molar refractivity (Wildman–Crippen MR) is 104 cm³/mol. The third-order valence-electron chi connectivity index (χ3n) is 4.69. The number of anilines is 1. The van der Waals surface area contributed by atoms with E-state index >= 15 is 0 Å². The summed E-state index contributed by atoms with van der Waals surface area (Å²) in [6, 6.07) is 18.2. The zero-order valence-corrected chi connectivity index (χ0v) is 15.3. The Morgan fingerprint density at radius 2 is 1.71 bits per heavy atom. The van der Waals surface area contributed by atoms with Gasteiger partial charge in [0.15, 0.2) is 0 Å². The Balaban J connectivity index is 1.38. The Morgan fingerprint density at radius 3 is 2.50 bits per heavy atom. The number of benzene rings is 2. The second-order valence-electron chi connectivity index (χ2n) is 6.61. The highest BCUT2D eigenvalue weighted by Crippen LogP contribution is 2.25. The molecule has 1 aliphatic rings. The van der Waals surface area contributed by atoms with Gasteiger partial charge in [-0.15, -0.1) is 0 Å². The van der Waals surface area contributed by atoms with Gasteiger partial charge in [-0.2, -0.15) is 0 Å². The van der Waals surface area contributed by atoms with Crippen LogP contribution in [0.3, 0.4) is 0 Å². The summed E-state index contributed by atoms with van der Waals surface area (Å²) in [7, 11) is 1.44. The summed E-state index contributed by atoms with van der Waals surface area (Å²) in [6.07, 6.45) is 0.704. The number of furan rings is 1. The number of carbonyl (C=O) groups is 3. The van der Waals surface area contributed by atoms with Gasteiger partial charge in [0.05, 0.1) is 11.1 Å².